The molecule has 0 bridgehead atoms. The van der Waals surface area contributed by atoms with Crippen molar-refractivity contribution in [2.75, 3.05) is 57.3 Å². The summed E-state index contributed by atoms with van der Waals surface area (Å²) >= 11 is 0. The molecule has 1 saturated carbocycles. The van der Waals surface area contributed by atoms with E-state index in [1.165, 1.54) is 32.1 Å². The number of piperazine rings is 1. The maximum absolute atomic E-state index is 12.6. The Hall–Kier alpha value is -1.69. The molecule has 2 heterocycles. The topological polar surface area (TPSA) is 95.0 Å². The van der Waals surface area contributed by atoms with Gasteiger partial charge in [0.2, 0.25) is 11.9 Å². The van der Waals surface area contributed by atoms with E-state index in [2.05, 4.69) is 30.5 Å². The quantitative estimate of drug-likeness (QED) is 0.192. The molecule has 1 amide bonds. The summed E-state index contributed by atoms with van der Waals surface area (Å²) < 4.78 is 5.97. The van der Waals surface area contributed by atoms with Gasteiger partial charge in [0.15, 0.2) is 5.96 Å². The fraction of sp³-hybridized carbons (Fsp3) is 0.739. The highest BCUT2D eigenvalue weighted by molar-refractivity contribution is 14.0. The maximum Gasteiger partial charge on any atom is 0.225 e. The van der Waals surface area contributed by atoms with Crippen molar-refractivity contribution in [2.24, 2.45) is 4.99 Å². The molecule has 2 N–H and O–H groups in total. The van der Waals surface area contributed by atoms with Crippen molar-refractivity contribution in [3.05, 3.63) is 18.5 Å². The number of nitrogens with one attached hydrogen (secondary N) is 2. The number of nitrogens with zero attached hydrogens (tertiary/aromatic N) is 5. The largest absolute Gasteiger partial charge is 0.378 e. The number of amides is 1. The summed E-state index contributed by atoms with van der Waals surface area (Å²) in [6, 6.07) is 1.81. The maximum atomic E-state index is 12.6. The Balaban J connectivity index is 0.00000385. The second-order valence-electron chi connectivity index (χ2n) is 8.34. The molecule has 1 aromatic rings. The lowest BCUT2D eigenvalue weighted by Crippen LogP contribution is -2.50. The van der Waals surface area contributed by atoms with Gasteiger partial charge < -0.3 is 25.2 Å². The van der Waals surface area contributed by atoms with E-state index in [0.29, 0.717) is 32.2 Å². The number of hydrogen-bond acceptors (Lipinski definition) is 6. The van der Waals surface area contributed by atoms with E-state index in [1.807, 2.05) is 17.9 Å². The first-order valence-corrected chi connectivity index (χ1v) is 12.2. The molecule has 0 aromatic carbocycles. The second kappa shape index (κ2) is 16.0. The molecule has 186 valence electrons. The molecule has 2 fully saturated rings. The van der Waals surface area contributed by atoms with Gasteiger partial charge in [0, 0.05) is 71.2 Å². The van der Waals surface area contributed by atoms with Crippen molar-refractivity contribution in [3.8, 4) is 0 Å². The number of halogens is 1. The molecule has 0 unspecified atom stereocenters. The van der Waals surface area contributed by atoms with Gasteiger partial charge in [-0.2, -0.15) is 0 Å². The van der Waals surface area contributed by atoms with Crippen LogP contribution in [0.3, 0.4) is 0 Å². The number of anilines is 1. The number of carbonyl (C=O) groups is 1. The first-order chi connectivity index (χ1) is 15.8. The molecule has 10 heteroatoms. The summed E-state index contributed by atoms with van der Waals surface area (Å²) in [5.74, 6) is 1.67. The van der Waals surface area contributed by atoms with E-state index < -0.39 is 0 Å². The van der Waals surface area contributed by atoms with Crippen molar-refractivity contribution < 1.29 is 9.53 Å². The van der Waals surface area contributed by atoms with Gasteiger partial charge in [0.1, 0.15) is 0 Å². The average molecular weight is 574 g/mol. The minimum atomic E-state index is 0. The molecule has 1 saturated heterocycles. The molecule has 0 spiro atoms. The SMILES string of the molecule is CCNC(=NCCCOC1CCCCC1)NCCC(=O)N1CCN(c2ncccn2)CC1.I. The molecule has 0 atom stereocenters. The highest BCUT2D eigenvalue weighted by Gasteiger charge is 2.22. The third-order valence-corrected chi connectivity index (χ3v) is 5.92. The van der Waals surface area contributed by atoms with Gasteiger partial charge in [-0.1, -0.05) is 19.3 Å². The standard InChI is InChI=1S/C23H39N7O2.HI/c1-2-24-22(25-13-7-19-32-20-8-4-3-5-9-20)26-14-10-21(31)29-15-17-30(18-16-29)23-27-11-6-12-28-23;/h6,11-12,20H,2-5,7-10,13-19H2,1H3,(H2,24,25,26);1H. The zero-order valence-electron chi connectivity index (χ0n) is 19.9. The summed E-state index contributed by atoms with van der Waals surface area (Å²) in [7, 11) is 0. The van der Waals surface area contributed by atoms with Crippen LogP contribution in [0.2, 0.25) is 0 Å². The zero-order valence-corrected chi connectivity index (χ0v) is 22.2. The van der Waals surface area contributed by atoms with E-state index in [-0.39, 0.29) is 29.9 Å². The van der Waals surface area contributed by atoms with Crippen LogP contribution in [0.1, 0.15) is 51.9 Å². The van der Waals surface area contributed by atoms with Crippen LogP contribution in [0.4, 0.5) is 5.95 Å². The van der Waals surface area contributed by atoms with Crippen molar-refractivity contribution in [2.45, 2.75) is 58.0 Å². The van der Waals surface area contributed by atoms with Gasteiger partial charge in [-0.25, -0.2) is 9.97 Å². The van der Waals surface area contributed by atoms with E-state index in [4.69, 9.17) is 4.74 Å². The van der Waals surface area contributed by atoms with Crippen molar-refractivity contribution in [3.63, 3.8) is 0 Å². The highest BCUT2D eigenvalue weighted by atomic mass is 127. The summed E-state index contributed by atoms with van der Waals surface area (Å²) in [6.07, 6.45) is 11.7. The molecule has 3 rings (SSSR count). The minimum absolute atomic E-state index is 0. The van der Waals surface area contributed by atoms with Crippen LogP contribution >= 0.6 is 24.0 Å². The van der Waals surface area contributed by atoms with Gasteiger partial charge >= 0.3 is 0 Å². The Morgan fingerprint density at radius 1 is 1.12 bits per heavy atom. The number of carbonyl (C=O) groups excluding carboxylic acids is 1. The molecule has 1 aliphatic heterocycles. The molecule has 1 aromatic heterocycles. The van der Waals surface area contributed by atoms with Crippen molar-refractivity contribution in [1.82, 2.24) is 25.5 Å². The van der Waals surface area contributed by atoms with E-state index in [1.54, 1.807) is 12.4 Å². The Kier molecular flexibility index (Phi) is 13.4. The van der Waals surface area contributed by atoms with Crippen molar-refractivity contribution >= 4 is 41.8 Å². The number of rotatable bonds is 10. The van der Waals surface area contributed by atoms with Gasteiger partial charge in [-0.3, -0.25) is 9.79 Å². The van der Waals surface area contributed by atoms with Gasteiger partial charge in [0.05, 0.1) is 6.10 Å². The Labute approximate surface area is 215 Å². The number of ether oxygens (including phenoxy) is 1. The summed E-state index contributed by atoms with van der Waals surface area (Å²) in [6.45, 7) is 7.83. The highest BCUT2D eigenvalue weighted by Crippen LogP contribution is 2.20. The zero-order chi connectivity index (χ0) is 22.4. The van der Waals surface area contributed by atoms with Crippen molar-refractivity contribution in [1.29, 1.82) is 0 Å². The van der Waals surface area contributed by atoms with Crippen LogP contribution in [0.15, 0.2) is 23.5 Å². The van der Waals surface area contributed by atoms with E-state index in [0.717, 1.165) is 51.1 Å². The van der Waals surface area contributed by atoms with Crippen LogP contribution in [-0.4, -0.2) is 85.3 Å². The number of hydrogen-bond donors (Lipinski definition) is 2. The lowest BCUT2D eigenvalue weighted by Gasteiger charge is -2.34. The molecule has 1 aliphatic carbocycles. The molecular formula is C23H40IN7O2. The van der Waals surface area contributed by atoms with Crippen LogP contribution in [0, 0.1) is 0 Å². The third-order valence-electron chi connectivity index (χ3n) is 5.92. The Morgan fingerprint density at radius 2 is 1.85 bits per heavy atom. The molecular weight excluding hydrogens is 533 g/mol. The van der Waals surface area contributed by atoms with Crippen LogP contribution in [0.25, 0.3) is 0 Å². The van der Waals surface area contributed by atoms with Crippen LogP contribution < -0.4 is 15.5 Å². The predicted octanol–water partition coefficient (Wildman–Crippen LogP) is 2.43. The Morgan fingerprint density at radius 3 is 2.55 bits per heavy atom. The molecule has 9 nitrogen and oxygen atoms in total. The fourth-order valence-electron chi connectivity index (χ4n) is 4.14. The van der Waals surface area contributed by atoms with Gasteiger partial charge in [-0.05, 0) is 32.3 Å². The molecule has 2 aliphatic rings. The molecule has 0 radical (unpaired) electrons. The average Bonchev–Trinajstić information content (AvgIpc) is 2.85. The van der Waals surface area contributed by atoms with Crippen LogP contribution in [-0.2, 0) is 9.53 Å². The number of aliphatic imine (C=N–C) groups is 1. The van der Waals surface area contributed by atoms with Crippen LogP contribution in [0.5, 0.6) is 0 Å². The number of aromatic nitrogens is 2. The lowest BCUT2D eigenvalue weighted by molar-refractivity contribution is -0.131. The summed E-state index contributed by atoms with van der Waals surface area (Å²) in [4.78, 5) is 29.8. The second-order valence-corrected chi connectivity index (χ2v) is 8.34. The lowest BCUT2D eigenvalue weighted by atomic mass is 9.98. The summed E-state index contributed by atoms with van der Waals surface area (Å²) in [5, 5.41) is 6.54. The van der Waals surface area contributed by atoms with E-state index in [9.17, 15) is 4.79 Å². The normalized spacial score (nSPS) is 17.4. The van der Waals surface area contributed by atoms with Gasteiger partial charge in [0.25, 0.3) is 0 Å². The third kappa shape index (κ3) is 9.99. The van der Waals surface area contributed by atoms with E-state index >= 15 is 0 Å². The first kappa shape index (κ1) is 27.6. The summed E-state index contributed by atoms with van der Waals surface area (Å²) in [5.41, 5.74) is 0. The minimum Gasteiger partial charge on any atom is -0.378 e. The predicted molar refractivity (Wildman–Crippen MR) is 142 cm³/mol. The fourth-order valence-corrected chi connectivity index (χ4v) is 4.14. The smallest absolute Gasteiger partial charge is 0.225 e. The molecule has 33 heavy (non-hydrogen) atoms. The monoisotopic (exact) mass is 573 g/mol. The van der Waals surface area contributed by atoms with Gasteiger partial charge in [-0.15, -0.1) is 24.0 Å². The Bertz CT molecular complexity index is 693. The first-order valence-electron chi connectivity index (χ1n) is 12.2. The number of guanidine groups is 1.